The Morgan fingerprint density at radius 3 is 2.83 bits per heavy atom. The van der Waals surface area contributed by atoms with Gasteiger partial charge >= 0.3 is 0 Å². The first kappa shape index (κ1) is 12.1. The molecule has 0 fully saturated rings. The van der Waals surface area contributed by atoms with Gasteiger partial charge in [-0.1, -0.05) is 18.6 Å². The number of hydrogen-bond donors (Lipinski definition) is 1. The molecule has 2 aromatic rings. The number of aromatic nitrogens is 2. The minimum atomic E-state index is 0.797. The number of aryl methyl sites for hydroxylation is 2. The number of hydrogen-bond acceptors (Lipinski definition) is 3. The van der Waals surface area contributed by atoms with Crippen LogP contribution in [0.4, 0.5) is 0 Å². The number of nitrogens with one attached hydrogen (secondary N) is 1. The largest absolute Gasteiger partial charge is 0.343 e. The maximum absolute atomic E-state index is 5.48. The highest BCUT2D eigenvalue weighted by Crippen LogP contribution is 2.27. The van der Waals surface area contributed by atoms with Crippen molar-refractivity contribution in [3.63, 3.8) is 0 Å². The van der Waals surface area contributed by atoms with Gasteiger partial charge in [0.15, 0.2) is 0 Å². The zero-order chi connectivity index (χ0) is 12.5. The van der Waals surface area contributed by atoms with Crippen molar-refractivity contribution in [2.45, 2.75) is 39.0 Å². The van der Waals surface area contributed by atoms with E-state index in [9.17, 15) is 0 Å². The summed E-state index contributed by atoms with van der Waals surface area (Å²) in [6.07, 6.45) is 5.98. The van der Waals surface area contributed by atoms with Crippen LogP contribution in [0.25, 0.3) is 11.4 Å². The highest BCUT2D eigenvalue weighted by Gasteiger charge is 2.14. The van der Waals surface area contributed by atoms with E-state index in [1.807, 2.05) is 0 Å². The van der Waals surface area contributed by atoms with Crippen LogP contribution in [0.2, 0.25) is 0 Å². The normalized spacial score (nSPS) is 15.2. The Morgan fingerprint density at radius 2 is 2.06 bits per heavy atom. The van der Waals surface area contributed by atoms with Crippen LogP contribution in [0.5, 0.6) is 0 Å². The molecular formula is C14H16N2S2. The average molecular weight is 276 g/mol. The predicted octanol–water partition coefficient (Wildman–Crippen LogP) is 4.45. The highest BCUT2D eigenvalue weighted by molar-refractivity contribution is 7.71. The van der Waals surface area contributed by atoms with E-state index in [4.69, 9.17) is 12.2 Å². The summed E-state index contributed by atoms with van der Waals surface area (Å²) in [5, 5.41) is 4.30. The molecule has 1 aliphatic carbocycles. The average Bonchev–Trinajstić information content (AvgIpc) is 2.63. The Labute approximate surface area is 116 Å². The summed E-state index contributed by atoms with van der Waals surface area (Å²) in [6.45, 7) is 2.12. The third-order valence-corrected chi connectivity index (χ3v) is 4.77. The van der Waals surface area contributed by atoms with Crippen molar-refractivity contribution < 1.29 is 0 Å². The number of H-pyrrole nitrogens is 1. The van der Waals surface area contributed by atoms with Crippen LogP contribution in [-0.2, 0) is 12.8 Å². The molecule has 0 unspecified atom stereocenters. The molecule has 0 bridgehead atoms. The van der Waals surface area contributed by atoms with Crippen LogP contribution in [0.15, 0.2) is 10.8 Å². The van der Waals surface area contributed by atoms with Crippen molar-refractivity contribution in [1.29, 1.82) is 0 Å². The van der Waals surface area contributed by atoms with Crippen molar-refractivity contribution in [3.8, 4) is 11.4 Å². The lowest BCUT2D eigenvalue weighted by molar-refractivity contribution is 0.708. The molecule has 1 aliphatic rings. The molecule has 0 saturated heterocycles. The van der Waals surface area contributed by atoms with Crippen LogP contribution in [0.3, 0.4) is 0 Å². The molecule has 0 saturated carbocycles. The van der Waals surface area contributed by atoms with E-state index < -0.39 is 0 Å². The van der Waals surface area contributed by atoms with E-state index in [1.54, 1.807) is 11.3 Å². The Kier molecular flexibility index (Phi) is 3.31. The molecule has 2 nitrogen and oxygen atoms in total. The molecule has 0 atom stereocenters. The fourth-order valence-electron chi connectivity index (χ4n) is 2.53. The summed E-state index contributed by atoms with van der Waals surface area (Å²) < 4.78 is 0.797. The quantitative estimate of drug-likeness (QED) is 0.616. The Balaban J connectivity index is 2.14. The fraction of sp³-hybridized carbons (Fsp3) is 0.429. The van der Waals surface area contributed by atoms with Gasteiger partial charge < -0.3 is 4.98 Å². The molecule has 4 heteroatoms. The summed E-state index contributed by atoms with van der Waals surface area (Å²) >= 11 is 7.19. The van der Waals surface area contributed by atoms with Crippen molar-refractivity contribution >= 4 is 23.6 Å². The molecule has 18 heavy (non-hydrogen) atoms. The third-order valence-electron chi connectivity index (χ3n) is 3.57. The van der Waals surface area contributed by atoms with Crippen LogP contribution < -0.4 is 0 Å². The SMILES string of the molecule is Cc1cscc1-c1nc(=S)c2c([nH]1)CCCCC2. The van der Waals surface area contributed by atoms with Crippen LogP contribution in [-0.4, -0.2) is 9.97 Å². The van der Waals surface area contributed by atoms with Crippen molar-refractivity contribution in [3.05, 3.63) is 32.2 Å². The van der Waals surface area contributed by atoms with E-state index in [0.717, 1.165) is 23.3 Å². The van der Waals surface area contributed by atoms with Gasteiger partial charge in [0.05, 0.1) is 0 Å². The third kappa shape index (κ3) is 2.15. The lowest BCUT2D eigenvalue weighted by Gasteiger charge is -2.09. The summed E-state index contributed by atoms with van der Waals surface area (Å²) in [5.74, 6) is 0.944. The molecule has 1 N–H and O–H groups in total. The van der Waals surface area contributed by atoms with E-state index in [2.05, 4.69) is 27.7 Å². The number of nitrogens with zero attached hydrogens (tertiary/aromatic N) is 1. The summed E-state index contributed by atoms with van der Waals surface area (Å²) in [7, 11) is 0. The maximum Gasteiger partial charge on any atom is 0.140 e. The van der Waals surface area contributed by atoms with Gasteiger partial charge in [-0.2, -0.15) is 11.3 Å². The molecule has 2 heterocycles. The summed E-state index contributed by atoms with van der Waals surface area (Å²) in [5.41, 5.74) is 5.05. The van der Waals surface area contributed by atoms with Gasteiger partial charge in [0.25, 0.3) is 0 Å². The Morgan fingerprint density at radius 1 is 1.22 bits per heavy atom. The van der Waals surface area contributed by atoms with Gasteiger partial charge in [0, 0.05) is 22.2 Å². The molecular weight excluding hydrogens is 260 g/mol. The standard InChI is InChI=1S/C14H16N2S2/c1-9-7-18-8-11(9)13-15-12-6-4-2-3-5-10(12)14(17)16-13/h7-8H,2-6H2,1H3,(H,15,16,17). The van der Waals surface area contributed by atoms with Crippen LogP contribution in [0.1, 0.15) is 36.1 Å². The monoisotopic (exact) mass is 276 g/mol. The lowest BCUT2D eigenvalue weighted by Crippen LogP contribution is -2.02. The first-order valence-corrected chi connectivity index (χ1v) is 7.76. The fourth-order valence-corrected chi connectivity index (χ4v) is 3.68. The van der Waals surface area contributed by atoms with E-state index in [-0.39, 0.29) is 0 Å². The van der Waals surface area contributed by atoms with Crippen molar-refractivity contribution in [1.82, 2.24) is 9.97 Å². The number of fused-ring (bicyclic) bond motifs is 1. The highest BCUT2D eigenvalue weighted by atomic mass is 32.1. The molecule has 94 valence electrons. The van der Waals surface area contributed by atoms with Crippen molar-refractivity contribution in [2.75, 3.05) is 0 Å². The number of thiophene rings is 1. The second-order valence-electron chi connectivity index (χ2n) is 4.88. The zero-order valence-corrected chi connectivity index (χ0v) is 12.1. The van der Waals surface area contributed by atoms with Gasteiger partial charge in [0.2, 0.25) is 0 Å². The van der Waals surface area contributed by atoms with Gasteiger partial charge in [-0.25, -0.2) is 4.98 Å². The molecule has 2 aromatic heterocycles. The number of aromatic amines is 1. The molecule has 3 rings (SSSR count). The van der Waals surface area contributed by atoms with Crippen LogP contribution in [0, 0.1) is 11.6 Å². The summed E-state index contributed by atoms with van der Waals surface area (Å²) in [6, 6.07) is 0. The maximum atomic E-state index is 5.48. The molecule has 0 aromatic carbocycles. The van der Waals surface area contributed by atoms with Gasteiger partial charge in [-0.15, -0.1) is 0 Å². The topological polar surface area (TPSA) is 28.7 Å². The van der Waals surface area contributed by atoms with Gasteiger partial charge in [-0.05, 0) is 43.6 Å². The molecule has 0 spiro atoms. The zero-order valence-electron chi connectivity index (χ0n) is 10.5. The van der Waals surface area contributed by atoms with E-state index in [0.29, 0.717) is 0 Å². The van der Waals surface area contributed by atoms with E-state index >= 15 is 0 Å². The van der Waals surface area contributed by atoms with Crippen LogP contribution >= 0.6 is 23.6 Å². The smallest absolute Gasteiger partial charge is 0.140 e. The number of rotatable bonds is 1. The second kappa shape index (κ2) is 4.94. The minimum absolute atomic E-state index is 0.797. The Bertz CT molecular complexity index is 625. The molecule has 0 aliphatic heterocycles. The molecule has 0 amide bonds. The van der Waals surface area contributed by atoms with Crippen molar-refractivity contribution in [2.24, 2.45) is 0 Å². The summed E-state index contributed by atoms with van der Waals surface area (Å²) in [4.78, 5) is 8.12. The predicted molar refractivity (Wildman–Crippen MR) is 78.7 cm³/mol. The lowest BCUT2D eigenvalue weighted by atomic mass is 10.1. The first-order valence-electron chi connectivity index (χ1n) is 6.41. The van der Waals surface area contributed by atoms with E-state index in [1.165, 1.54) is 41.6 Å². The second-order valence-corrected chi connectivity index (χ2v) is 6.01. The molecule has 0 radical (unpaired) electrons. The first-order chi connectivity index (χ1) is 8.75. The Hall–Kier alpha value is -1.00. The van der Waals surface area contributed by atoms with Gasteiger partial charge in [0.1, 0.15) is 10.5 Å². The van der Waals surface area contributed by atoms with Gasteiger partial charge in [-0.3, -0.25) is 0 Å². The minimum Gasteiger partial charge on any atom is -0.343 e.